The van der Waals surface area contributed by atoms with Crippen molar-refractivity contribution in [3.63, 3.8) is 0 Å². The zero-order valence-electron chi connectivity index (χ0n) is 17.3. The topological polar surface area (TPSA) is 118 Å². The lowest BCUT2D eigenvalue weighted by Gasteiger charge is -2.32. The number of non-ortho nitro benzene ring substituents is 1. The Balaban J connectivity index is 1.36. The number of nitrogens with one attached hydrogen (secondary N) is 1. The fourth-order valence-electron chi connectivity index (χ4n) is 3.27. The number of nitro benzene ring substituents is 1. The number of fused-ring (bicyclic) bond motifs is 1. The highest BCUT2D eigenvalue weighted by Crippen LogP contribution is 2.27. The van der Waals surface area contributed by atoms with Gasteiger partial charge in [0, 0.05) is 43.9 Å². The number of aromatic nitrogens is 1. The Morgan fingerprint density at radius 2 is 1.88 bits per heavy atom. The van der Waals surface area contributed by atoms with E-state index in [1.54, 1.807) is 18.2 Å². The molecule has 3 aromatic rings. The van der Waals surface area contributed by atoms with E-state index in [0.717, 1.165) is 17.8 Å². The zero-order chi connectivity index (χ0) is 22.7. The van der Waals surface area contributed by atoms with Gasteiger partial charge in [-0.15, -0.1) is 0 Å². The van der Waals surface area contributed by atoms with Crippen LogP contribution in [0.4, 0.5) is 10.8 Å². The summed E-state index contributed by atoms with van der Waals surface area (Å²) in [4.78, 5) is 43.6. The fraction of sp³-hybridized carbons (Fsp3) is 0.286. The minimum absolute atomic E-state index is 0.00418. The van der Waals surface area contributed by atoms with Crippen molar-refractivity contribution in [1.82, 2.24) is 14.8 Å². The van der Waals surface area contributed by atoms with Crippen molar-refractivity contribution in [2.45, 2.75) is 0 Å². The zero-order valence-corrected chi connectivity index (χ0v) is 18.1. The average molecular weight is 455 g/mol. The Kier molecular flexibility index (Phi) is 6.28. The van der Waals surface area contributed by atoms with Crippen LogP contribution in [0.3, 0.4) is 0 Å². The third-order valence-electron chi connectivity index (χ3n) is 5.09. The molecule has 0 saturated carbocycles. The van der Waals surface area contributed by atoms with E-state index in [4.69, 9.17) is 4.74 Å². The van der Waals surface area contributed by atoms with E-state index in [-0.39, 0.29) is 18.2 Å². The standard InChI is InChI=1S/C21H21N5O5S/c1-24-8-10-25(11-9-24)20(28)14-2-7-17-18(12-14)32-21(22-17)23-19(27)13-31-16-5-3-15(4-6-16)26(29)30/h2-7,12H,8-11,13H2,1H3,(H,22,23,27). The lowest BCUT2D eigenvalue weighted by molar-refractivity contribution is -0.384. The van der Waals surface area contributed by atoms with Crippen LogP contribution in [0.25, 0.3) is 10.2 Å². The van der Waals surface area contributed by atoms with Crippen molar-refractivity contribution < 1.29 is 19.2 Å². The summed E-state index contributed by atoms with van der Waals surface area (Å²) in [5.74, 6) is -0.0614. The molecule has 0 aliphatic carbocycles. The van der Waals surface area contributed by atoms with E-state index in [2.05, 4.69) is 15.2 Å². The molecule has 11 heteroatoms. The number of rotatable bonds is 6. The van der Waals surface area contributed by atoms with Crippen LogP contribution < -0.4 is 10.1 Å². The third-order valence-corrected chi connectivity index (χ3v) is 6.02. The van der Waals surface area contributed by atoms with Gasteiger partial charge in [-0.05, 0) is 37.4 Å². The molecular weight excluding hydrogens is 434 g/mol. The second-order valence-electron chi connectivity index (χ2n) is 7.38. The Morgan fingerprint density at radius 1 is 1.16 bits per heavy atom. The molecule has 166 valence electrons. The first kappa shape index (κ1) is 21.7. The number of thiazole rings is 1. The number of ether oxygens (including phenoxy) is 1. The van der Waals surface area contributed by atoms with Gasteiger partial charge in [0.25, 0.3) is 17.5 Å². The van der Waals surface area contributed by atoms with Crippen LogP contribution in [-0.4, -0.2) is 71.4 Å². The molecule has 0 spiro atoms. The van der Waals surface area contributed by atoms with E-state index in [0.29, 0.717) is 35.1 Å². The number of piperazine rings is 1. The van der Waals surface area contributed by atoms with Gasteiger partial charge >= 0.3 is 0 Å². The number of carbonyl (C=O) groups is 2. The van der Waals surface area contributed by atoms with Crippen molar-refractivity contribution in [3.8, 4) is 5.75 Å². The summed E-state index contributed by atoms with van der Waals surface area (Å²) in [5, 5.41) is 13.8. The first-order chi connectivity index (χ1) is 15.4. The molecule has 10 nitrogen and oxygen atoms in total. The van der Waals surface area contributed by atoms with Gasteiger partial charge in [0.1, 0.15) is 5.75 Å². The molecule has 2 heterocycles. The monoisotopic (exact) mass is 455 g/mol. The first-order valence-electron chi connectivity index (χ1n) is 9.94. The summed E-state index contributed by atoms with van der Waals surface area (Å²) in [6.45, 7) is 2.85. The van der Waals surface area contributed by atoms with Gasteiger partial charge < -0.3 is 14.5 Å². The number of carbonyl (C=O) groups excluding carboxylic acids is 2. The molecule has 1 aliphatic rings. The van der Waals surface area contributed by atoms with Crippen molar-refractivity contribution in [1.29, 1.82) is 0 Å². The Bertz CT molecular complexity index is 1160. The highest BCUT2D eigenvalue weighted by Gasteiger charge is 2.21. The molecule has 1 aliphatic heterocycles. The Morgan fingerprint density at radius 3 is 2.56 bits per heavy atom. The second-order valence-corrected chi connectivity index (χ2v) is 8.42. The maximum Gasteiger partial charge on any atom is 0.269 e. The smallest absolute Gasteiger partial charge is 0.269 e. The molecule has 32 heavy (non-hydrogen) atoms. The number of hydrogen-bond donors (Lipinski definition) is 1. The molecule has 1 N–H and O–H groups in total. The highest BCUT2D eigenvalue weighted by atomic mass is 32.1. The SMILES string of the molecule is CN1CCN(C(=O)c2ccc3nc(NC(=O)COc4ccc([N+](=O)[O-])cc4)sc3c2)CC1. The summed E-state index contributed by atoms with van der Waals surface area (Å²) < 4.78 is 6.17. The minimum Gasteiger partial charge on any atom is -0.484 e. The van der Waals surface area contributed by atoms with Gasteiger partial charge in [-0.3, -0.25) is 25.0 Å². The number of nitrogens with zero attached hydrogens (tertiary/aromatic N) is 4. The fourth-order valence-corrected chi connectivity index (χ4v) is 4.19. The van der Waals surface area contributed by atoms with Gasteiger partial charge in [-0.1, -0.05) is 11.3 Å². The Hall–Kier alpha value is -3.57. The van der Waals surface area contributed by atoms with Crippen LogP contribution in [0, 0.1) is 10.1 Å². The molecule has 0 radical (unpaired) electrons. The molecule has 2 aromatic carbocycles. The van der Waals surface area contributed by atoms with Crippen LogP contribution in [0.1, 0.15) is 10.4 Å². The van der Waals surface area contributed by atoms with Gasteiger partial charge in [0.15, 0.2) is 11.7 Å². The van der Waals surface area contributed by atoms with E-state index in [9.17, 15) is 19.7 Å². The number of amides is 2. The largest absolute Gasteiger partial charge is 0.484 e. The predicted molar refractivity (Wildman–Crippen MR) is 120 cm³/mol. The molecule has 1 saturated heterocycles. The minimum atomic E-state index is -0.506. The highest BCUT2D eigenvalue weighted by molar-refractivity contribution is 7.22. The lowest BCUT2D eigenvalue weighted by Crippen LogP contribution is -2.47. The molecule has 1 fully saturated rings. The van der Waals surface area contributed by atoms with E-state index >= 15 is 0 Å². The number of anilines is 1. The predicted octanol–water partition coefficient (Wildman–Crippen LogP) is 2.61. The average Bonchev–Trinajstić information content (AvgIpc) is 3.19. The van der Waals surface area contributed by atoms with Crippen LogP contribution in [0.2, 0.25) is 0 Å². The summed E-state index contributed by atoms with van der Waals surface area (Å²) in [7, 11) is 2.04. The molecule has 1 aromatic heterocycles. The van der Waals surface area contributed by atoms with Gasteiger partial charge in [0.05, 0.1) is 15.1 Å². The normalized spacial score (nSPS) is 14.3. The van der Waals surface area contributed by atoms with Gasteiger partial charge in [-0.2, -0.15) is 0 Å². The lowest BCUT2D eigenvalue weighted by atomic mass is 10.1. The van der Waals surface area contributed by atoms with Crippen molar-refractivity contribution >= 4 is 44.2 Å². The number of hydrogen-bond acceptors (Lipinski definition) is 8. The number of benzene rings is 2. The summed E-state index contributed by atoms with van der Waals surface area (Å²) in [6, 6.07) is 10.8. The molecule has 4 rings (SSSR count). The first-order valence-corrected chi connectivity index (χ1v) is 10.8. The quantitative estimate of drug-likeness (QED) is 0.448. The Labute approximate surface area is 187 Å². The number of likely N-dealkylation sites (N-methyl/N-ethyl adjacent to an activating group) is 1. The molecular formula is C21H21N5O5S. The van der Waals surface area contributed by atoms with Crippen molar-refractivity contribution in [3.05, 3.63) is 58.1 Å². The van der Waals surface area contributed by atoms with E-state index in [1.807, 2.05) is 11.9 Å². The van der Waals surface area contributed by atoms with Crippen LogP contribution in [0.15, 0.2) is 42.5 Å². The molecule has 0 unspecified atom stereocenters. The maximum atomic E-state index is 12.8. The van der Waals surface area contributed by atoms with E-state index in [1.165, 1.54) is 35.6 Å². The van der Waals surface area contributed by atoms with Crippen molar-refractivity contribution in [2.75, 3.05) is 45.2 Å². The van der Waals surface area contributed by atoms with Crippen LogP contribution >= 0.6 is 11.3 Å². The molecule has 0 bridgehead atoms. The second kappa shape index (κ2) is 9.28. The third kappa shape index (κ3) is 5.01. The molecule has 2 amide bonds. The summed E-state index contributed by atoms with van der Waals surface area (Å²) in [6.07, 6.45) is 0. The van der Waals surface area contributed by atoms with Crippen molar-refractivity contribution in [2.24, 2.45) is 0 Å². The summed E-state index contributed by atoms with van der Waals surface area (Å²) >= 11 is 1.28. The van der Waals surface area contributed by atoms with Gasteiger partial charge in [0.2, 0.25) is 0 Å². The molecule has 0 atom stereocenters. The van der Waals surface area contributed by atoms with E-state index < -0.39 is 10.8 Å². The number of nitro groups is 1. The van der Waals surface area contributed by atoms with Crippen LogP contribution in [0.5, 0.6) is 5.75 Å². The summed E-state index contributed by atoms with van der Waals surface area (Å²) in [5.41, 5.74) is 1.24. The van der Waals surface area contributed by atoms with Gasteiger partial charge in [-0.25, -0.2) is 4.98 Å². The van der Waals surface area contributed by atoms with Crippen LogP contribution in [-0.2, 0) is 4.79 Å². The maximum absolute atomic E-state index is 12.8.